The number of unbranched alkanes of at least 4 members (excludes halogenated alkanes) is 1. The van der Waals surface area contributed by atoms with Crippen LogP contribution >= 0.6 is 0 Å². The fraction of sp³-hybridized carbons (Fsp3) is 1.00. The molecule has 2 heterocycles. The molecule has 0 aromatic rings. The number of hydrogen-bond donors (Lipinski definition) is 0. The highest BCUT2D eigenvalue weighted by molar-refractivity contribution is 4.79. The molecule has 0 aliphatic carbocycles. The van der Waals surface area contributed by atoms with E-state index in [4.69, 9.17) is 9.47 Å². The van der Waals surface area contributed by atoms with Crippen molar-refractivity contribution in [3.63, 3.8) is 0 Å². The molecule has 0 spiro atoms. The van der Waals surface area contributed by atoms with Crippen molar-refractivity contribution in [2.24, 2.45) is 5.92 Å². The molecule has 2 fully saturated rings. The molecule has 18 heavy (non-hydrogen) atoms. The molecule has 0 N–H and O–H groups in total. The molecule has 0 bridgehead atoms. The largest absolute Gasteiger partial charge is 0.385 e. The molecule has 0 aromatic carbocycles. The zero-order valence-electron chi connectivity index (χ0n) is 11.8. The van der Waals surface area contributed by atoms with Crippen molar-refractivity contribution in [2.75, 3.05) is 66.2 Å². The average Bonchev–Trinajstić information content (AvgIpc) is 2.84. The van der Waals surface area contributed by atoms with Gasteiger partial charge in [0.15, 0.2) is 0 Å². The number of ether oxygens (including phenoxy) is 2. The van der Waals surface area contributed by atoms with E-state index in [0.717, 1.165) is 38.8 Å². The maximum absolute atomic E-state index is 5.40. The average molecular weight is 256 g/mol. The lowest BCUT2D eigenvalue weighted by atomic mass is 10.1. The standard InChI is InChI=1S/C14H28N2O2/c1-17-9-3-2-5-15-6-4-14(12-15)13-16-7-10-18-11-8-16/h14H,2-13H2,1H3/t14-/m1/s1. The van der Waals surface area contributed by atoms with Gasteiger partial charge in [-0.1, -0.05) is 0 Å². The van der Waals surface area contributed by atoms with Crippen LogP contribution in [0.3, 0.4) is 0 Å². The molecule has 0 radical (unpaired) electrons. The van der Waals surface area contributed by atoms with Crippen molar-refractivity contribution in [3.05, 3.63) is 0 Å². The number of likely N-dealkylation sites (tertiary alicyclic amines) is 1. The fourth-order valence-corrected chi connectivity index (χ4v) is 3.00. The summed E-state index contributed by atoms with van der Waals surface area (Å²) >= 11 is 0. The summed E-state index contributed by atoms with van der Waals surface area (Å²) in [6, 6.07) is 0. The highest BCUT2D eigenvalue weighted by atomic mass is 16.5. The molecule has 2 rings (SSSR count). The Morgan fingerprint density at radius 3 is 2.72 bits per heavy atom. The number of nitrogens with zero attached hydrogens (tertiary/aromatic N) is 2. The Hall–Kier alpha value is -0.160. The van der Waals surface area contributed by atoms with Gasteiger partial charge in [0.1, 0.15) is 0 Å². The Kier molecular flexibility index (Phi) is 6.41. The lowest BCUT2D eigenvalue weighted by Gasteiger charge is -2.29. The molecule has 0 saturated carbocycles. The van der Waals surface area contributed by atoms with Crippen LogP contribution in [0.5, 0.6) is 0 Å². The Morgan fingerprint density at radius 2 is 1.94 bits per heavy atom. The second kappa shape index (κ2) is 8.10. The maximum atomic E-state index is 5.40. The third-order valence-corrected chi connectivity index (χ3v) is 4.06. The van der Waals surface area contributed by atoms with Crippen LogP contribution in [0, 0.1) is 5.92 Å². The lowest BCUT2D eigenvalue weighted by molar-refractivity contribution is 0.0312. The summed E-state index contributed by atoms with van der Waals surface area (Å²) in [7, 11) is 1.79. The summed E-state index contributed by atoms with van der Waals surface area (Å²) in [5, 5.41) is 0. The van der Waals surface area contributed by atoms with Gasteiger partial charge in [0, 0.05) is 39.9 Å². The van der Waals surface area contributed by atoms with Crippen LogP contribution in [0.1, 0.15) is 19.3 Å². The molecule has 4 heteroatoms. The molecular formula is C14H28N2O2. The first kappa shape index (κ1) is 14.3. The van der Waals surface area contributed by atoms with Gasteiger partial charge < -0.3 is 14.4 Å². The van der Waals surface area contributed by atoms with Gasteiger partial charge in [-0.25, -0.2) is 0 Å². The normalized spacial score (nSPS) is 26.8. The number of rotatable bonds is 7. The number of methoxy groups -OCH3 is 1. The minimum atomic E-state index is 0.880. The zero-order valence-corrected chi connectivity index (χ0v) is 11.8. The van der Waals surface area contributed by atoms with E-state index in [1.807, 2.05) is 0 Å². The van der Waals surface area contributed by atoms with E-state index in [2.05, 4.69) is 9.80 Å². The first-order valence-electron chi connectivity index (χ1n) is 7.40. The van der Waals surface area contributed by atoms with Crippen LogP contribution < -0.4 is 0 Å². The molecule has 2 aliphatic heterocycles. The summed E-state index contributed by atoms with van der Waals surface area (Å²) in [6.45, 7) is 10.1. The van der Waals surface area contributed by atoms with Crippen molar-refractivity contribution >= 4 is 0 Å². The van der Waals surface area contributed by atoms with Gasteiger partial charge in [-0.3, -0.25) is 4.90 Å². The minimum Gasteiger partial charge on any atom is -0.385 e. The van der Waals surface area contributed by atoms with Crippen molar-refractivity contribution < 1.29 is 9.47 Å². The quantitative estimate of drug-likeness (QED) is 0.636. The van der Waals surface area contributed by atoms with Crippen molar-refractivity contribution in [2.45, 2.75) is 19.3 Å². The molecule has 2 aliphatic rings. The molecule has 0 unspecified atom stereocenters. The van der Waals surface area contributed by atoms with E-state index in [0.29, 0.717) is 0 Å². The van der Waals surface area contributed by atoms with Gasteiger partial charge in [-0.05, 0) is 38.3 Å². The first-order chi connectivity index (χ1) is 8.88. The Morgan fingerprint density at radius 1 is 1.11 bits per heavy atom. The van der Waals surface area contributed by atoms with Crippen LogP contribution in [0.25, 0.3) is 0 Å². The second-order valence-corrected chi connectivity index (χ2v) is 5.57. The first-order valence-corrected chi connectivity index (χ1v) is 7.40. The van der Waals surface area contributed by atoms with E-state index in [1.54, 1.807) is 7.11 Å². The zero-order chi connectivity index (χ0) is 12.6. The summed E-state index contributed by atoms with van der Waals surface area (Å²) in [5.74, 6) is 0.880. The molecule has 1 atom stereocenters. The molecule has 4 nitrogen and oxygen atoms in total. The summed E-state index contributed by atoms with van der Waals surface area (Å²) in [6.07, 6.45) is 3.85. The van der Waals surface area contributed by atoms with E-state index in [-0.39, 0.29) is 0 Å². The van der Waals surface area contributed by atoms with Gasteiger partial charge in [0.25, 0.3) is 0 Å². The van der Waals surface area contributed by atoms with Crippen LogP contribution in [-0.4, -0.2) is 76.0 Å². The highest BCUT2D eigenvalue weighted by Crippen LogP contribution is 2.18. The van der Waals surface area contributed by atoms with Crippen molar-refractivity contribution in [1.82, 2.24) is 9.80 Å². The third kappa shape index (κ3) is 4.84. The van der Waals surface area contributed by atoms with Crippen LogP contribution in [0.15, 0.2) is 0 Å². The molecule has 0 amide bonds. The number of morpholine rings is 1. The van der Waals surface area contributed by atoms with Crippen molar-refractivity contribution in [1.29, 1.82) is 0 Å². The Balaban J connectivity index is 1.56. The smallest absolute Gasteiger partial charge is 0.0594 e. The summed E-state index contributed by atoms with van der Waals surface area (Å²) < 4.78 is 10.5. The van der Waals surface area contributed by atoms with Crippen LogP contribution in [-0.2, 0) is 9.47 Å². The molecule has 2 saturated heterocycles. The Labute approximate surface area is 111 Å². The molecule has 0 aromatic heterocycles. The fourth-order valence-electron chi connectivity index (χ4n) is 3.00. The number of hydrogen-bond acceptors (Lipinski definition) is 4. The SMILES string of the molecule is COCCCCN1CC[C@@H](CN2CCOCC2)C1. The van der Waals surface area contributed by atoms with Gasteiger partial charge >= 0.3 is 0 Å². The second-order valence-electron chi connectivity index (χ2n) is 5.57. The minimum absolute atomic E-state index is 0.880. The van der Waals surface area contributed by atoms with E-state index >= 15 is 0 Å². The van der Waals surface area contributed by atoms with Gasteiger partial charge in [-0.15, -0.1) is 0 Å². The maximum Gasteiger partial charge on any atom is 0.0594 e. The highest BCUT2D eigenvalue weighted by Gasteiger charge is 2.24. The van der Waals surface area contributed by atoms with Crippen LogP contribution in [0.4, 0.5) is 0 Å². The lowest BCUT2D eigenvalue weighted by Crippen LogP contribution is -2.39. The van der Waals surface area contributed by atoms with E-state index in [1.165, 1.54) is 45.4 Å². The van der Waals surface area contributed by atoms with Crippen molar-refractivity contribution in [3.8, 4) is 0 Å². The summed E-state index contributed by atoms with van der Waals surface area (Å²) in [5.41, 5.74) is 0. The summed E-state index contributed by atoms with van der Waals surface area (Å²) in [4.78, 5) is 5.20. The predicted molar refractivity (Wildman–Crippen MR) is 72.9 cm³/mol. The van der Waals surface area contributed by atoms with E-state index in [9.17, 15) is 0 Å². The van der Waals surface area contributed by atoms with Gasteiger partial charge in [0.05, 0.1) is 13.2 Å². The third-order valence-electron chi connectivity index (χ3n) is 4.06. The van der Waals surface area contributed by atoms with Gasteiger partial charge in [-0.2, -0.15) is 0 Å². The van der Waals surface area contributed by atoms with Gasteiger partial charge in [0.2, 0.25) is 0 Å². The monoisotopic (exact) mass is 256 g/mol. The Bertz CT molecular complexity index is 220. The molecule has 106 valence electrons. The topological polar surface area (TPSA) is 24.9 Å². The predicted octanol–water partition coefficient (Wildman–Crippen LogP) is 1.07. The van der Waals surface area contributed by atoms with Crippen LogP contribution in [0.2, 0.25) is 0 Å². The molecular weight excluding hydrogens is 228 g/mol. The van der Waals surface area contributed by atoms with E-state index < -0.39 is 0 Å².